The van der Waals surface area contributed by atoms with Crippen LogP contribution >= 0.6 is 0 Å². The fraction of sp³-hybridized carbons (Fsp3) is 0.474. The van der Waals surface area contributed by atoms with Crippen LogP contribution in [0.15, 0.2) is 28.7 Å². The van der Waals surface area contributed by atoms with Crippen molar-refractivity contribution in [3.8, 4) is 0 Å². The first-order valence-corrected chi connectivity index (χ1v) is 9.47. The number of hydrogen-bond donors (Lipinski definition) is 0. The maximum atomic E-state index is 13.1. The fourth-order valence-electron chi connectivity index (χ4n) is 3.89. The van der Waals surface area contributed by atoms with Crippen LogP contribution in [0, 0.1) is 11.7 Å². The van der Waals surface area contributed by atoms with E-state index in [-0.39, 0.29) is 37.2 Å². The molecule has 2 aliphatic heterocycles. The van der Waals surface area contributed by atoms with Crippen LogP contribution in [0.5, 0.6) is 0 Å². The zero-order valence-corrected chi connectivity index (χ0v) is 15.7. The molecule has 4 rings (SSSR count). The number of alkyl halides is 3. The van der Waals surface area contributed by atoms with Gasteiger partial charge in [0.1, 0.15) is 5.82 Å². The number of likely N-dealkylation sites (tertiary alicyclic amines) is 1. The number of hydrogen-bond acceptors (Lipinski definition) is 5. The Balaban J connectivity index is 1.42. The first kappa shape index (κ1) is 20.3. The second kappa shape index (κ2) is 7.69. The van der Waals surface area contributed by atoms with Crippen molar-refractivity contribution in [1.29, 1.82) is 0 Å². The highest BCUT2D eigenvalue weighted by Crippen LogP contribution is 2.33. The average Bonchev–Trinajstić information content (AvgIpc) is 3.35. The van der Waals surface area contributed by atoms with Gasteiger partial charge in [0.2, 0.25) is 17.7 Å². The summed E-state index contributed by atoms with van der Waals surface area (Å²) in [7, 11) is 0. The number of amides is 2. The van der Waals surface area contributed by atoms with Crippen molar-refractivity contribution in [3.63, 3.8) is 0 Å². The van der Waals surface area contributed by atoms with Gasteiger partial charge >= 0.3 is 12.1 Å². The minimum Gasteiger partial charge on any atom is -0.417 e. The third-order valence-electron chi connectivity index (χ3n) is 5.38. The van der Waals surface area contributed by atoms with Gasteiger partial charge in [-0.15, -0.1) is 10.2 Å². The van der Waals surface area contributed by atoms with Crippen LogP contribution < -0.4 is 4.90 Å². The van der Waals surface area contributed by atoms with Crippen LogP contribution in [0.2, 0.25) is 0 Å². The van der Waals surface area contributed by atoms with Crippen LogP contribution in [-0.4, -0.2) is 46.5 Å². The molecule has 0 saturated carbocycles. The van der Waals surface area contributed by atoms with Crippen molar-refractivity contribution in [2.75, 3.05) is 24.5 Å². The zero-order valence-electron chi connectivity index (χ0n) is 15.7. The largest absolute Gasteiger partial charge is 0.470 e. The van der Waals surface area contributed by atoms with Crippen molar-refractivity contribution in [3.05, 3.63) is 41.9 Å². The highest BCUT2D eigenvalue weighted by molar-refractivity contribution is 6.00. The lowest BCUT2D eigenvalue weighted by molar-refractivity contribution is -0.157. The lowest BCUT2D eigenvalue weighted by Gasteiger charge is -2.32. The van der Waals surface area contributed by atoms with E-state index in [1.54, 1.807) is 0 Å². The van der Waals surface area contributed by atoms with Gasteiger partial charge in [0.15, 0.2) is 0 Å². The van der Waals surface area contributed by atoms with Gasteiger partial charge in [-0.1, -0.05) is 0 Å². The number of benzene rings is 1. The zero-order chi connectivity index (χ0) is 21.5. The molecule has 1 aromatic heterocycles. The molecular formula is C19H18F4N4O3. The molecule has 0 N–H and O–H groups in total. The van der Waals surface area contributed by atoms with E-state index in [9.17, 15) is 27.2 Å². The molecule has 2 amide bonds. The minimum atomic E-state index is -4.72. The van der Waals surface area contributed by atoms with E-state index in [4.69, 9.17) is 4.42 Å². The topological polar surface area (TPSA) is 79.5 Å². The summed E-state index contributed by atoms with van der Waals surface area (Å²) in [6.45, 7) is 0.764. The molecule has 2 atom stereocenters. The van der Waals surface area contributed by atoms with E-state index in [0.29, 0.717) is 25.1 Å². The van der Waals surface area contributed by atoms with Crippen LogP contribution in [0.3, 0.4) is 0 Å². The van der Waals surface area contributed by atoms with E-state index >= 15 is 0 Å². The second-order valence-electron chi connectivity index (χ2n) is 7.45. The molecule has 3 heterocycles. The lowest BCUT2D eigenvalue weighted by atomic mass is 9.96. The van der Waals surface area contributed by atoms with Crippen molar-refractivity contribution in [2.45, 2.75) is 31.4 Å². The number of rotatable bonds is 3. The molecule has 2 fully saturated rings. The van der Waals surface area contributed by atoms with Gasteiger partial charge in [-0.25, -0.2) is 4.39 Å². The summed E-state index contributed by atoms with van der Waals surface area (Å²) >= 11 is 0. The molecule has 0 spiro atoms. The van der Waals surface area contributed by atoms with E-state index < -0.39 is 29.7 Å². The Morgan fingerprint density at radius 1 is 1.13 bits per heavy atom. The average molecular weight is 426 g/mol. The summed E-state index contributed by atoms with van der Waals surface area (Å²) < 4.78 is 56.0. The molecule has 11 heteroatoms. The number of aromatic nitrogens is 2. The van der Waals surface area contributed by atoms with Crippen molar-refractivity contribution in [1.82, 2.24) is 15.1 Å². The maximum Gasteiger partial charge on any atom is 0.470 e. The van der Waals surface area contributed by atoms with Gasteiger partial charge in [-0.05, 0) is 37.1 Å². The predicted octanol–water partition coefficient (Wildman–Crippen LogP) is 2.99. The van der Waals surface area contributed by atoms with Crippen molar-refractivity contribution < 1.29 is 31.6 Å². The van der Waals surface area contributed by atoms with E-state index in [1.807, 2.05) is 0 Å². The number of carbonyl (C=O) groups excluding carboxylic acids is 2. The van der Waals surface area contributed by atoms with Crippen LogP contribution in [0.25, 0.3) is 0 Å². The summed E-state index contributed by atoms with van der Waals surface area (Å²) in [4.78, 5) is 28.3. The standard InChI is InChI=1S/C19H18F4N4O3/c20-13-3-5-14(6-4-13)27-10-12(8-15(27)28)17(29)26-7-1-2-11(9-26)16-24-25-18(30-16)19(21,22)23/h3-6,11-12H,1-2,7-10H2. The van der Waals surface area contributed by atoms with Crippen LogP contribution in [0.4, 0.5) is 23.2 Å². The smallest absolute Gasteiger partial charge is 0.417 e. The molecule has 2 aliphatic rings. The highest BCUT2D eigenvalue weighted by Gasteiger charge is 2.41. The number of anilines is 1. The SMILES string of the molecule is O=C(C1CC(=O)N(c2ccc(F)cc2)C1)N1CCCC(c2nnc(C(F)(F)F)o2)C1. The predicted molar refractivity (Wildman–Crippen MR) is 94.7 cm³/mol. The Kier molecular flexibility index (Phi) is 5.20. The molecule has 30 heavy (non-hydrogen) atoms. The first-order chi connectivity index (χ1) is 14.2. The van der Waals surface area contributed by atoms with Gasteiger partial charge < -0.3 is 14.2 Å². The van der Waals surface area contributed by atoms with Gasteiger partial charge in [-0.3, -0.25) is 9.59 Å². The van der Waals surface area contributed by atoms with Gasteiger partial charge in [-0.2, -0.15) is 13.2 Å². The highest BCUT2D eigenvalue weighted by atomic mass is 19.4. The molecule has 2 saturated heterocycles. The maximum absolute atomic E-state index is 13.1. The van der Waals surface area contributed by atoms with E-state index in [2.05, 4.69) is 10.2 Å². The molecule has 2 aromatic rings. The molecule has 2 unspecified atom stereocenters. The Morgan fingerprint density at radius 2 is 1.87 bits per heavy atom. The number of halogens is 4. The Hall–Kier alpha value is -2.98. The third kappa shape index (κ3) is 4.01. The normalized spacial score (nSPS) is 22.6. The summed E-state index contributed by atoms with van der Waals surface area (Å²) in [5, 5.41) is 6.55. The van der Waals surface area contributed by atoms with Gasteiger partial charge in [0, 0.05) is 31.7 Å². The third-order valence-corrected chi connectivity index (χ3v) is 5.38. The van der Waals surface area contributed by atoms with E-state index in [1.165, 1.54) is 34.1 Å². The summed E-state index contributed by atoms with van der Waals surface area (Å²) in [5.41, 5.74) is 0.513. The van der Waals surface area contributed by atoms with Crippen LogP contribution in [0.1, 0.15) is 37.0 Å². The Labute approximate surface area is 168 Å². The molecule has 0 radical (unpaired) electrons. The van der Waals surface area contributed by atoms with Crippen LogP contribution in [-0.2, 0) is 15.8 Å². The fourth-order valence-corrected chi connectivity index (χ4v) is 3.89. The molecule has 160 valence electrons. The first-order valence-electron chi connectivity index (χ1n) is 9.47. The molecule has 7 nitrogen and oxygen atoms in total. The molecule has 1 aromatic carbocycles. The number of nitrogens with zero attached hydrogens (tertiary/aromatic N) is 4. The Bertz CT molecular complexity index is 944. The molecule has 0 bridgehead atoms. The summed E-state index contributed by atoms with van der Waals surface area (Å²) in [6, 6.07) is 5.44. The minimum absolute atomic E-state index is 0.0240. The monoisotopic (exact) mass is 426 g/mol. The van der Waals surface area contributed by atoms with Gasteiger partial charge in [0.05, 0.1) is 11.8 Å². The Morgan fingerprint density at radius 3 is 2.53 bits per heavy atom. The summed E-state index contributed by atoms with van der Waals surface area (Å²) in [5.74, 6) is -3.51. The number of piperidine rings is 1. The second-order valence-corrected chi connectivity index (χ2v) is 7.45. The van der Waals surface area contributed by atoms with Crippen molar-refractivity contribution in [2.24, 2.45) is 5.92 Å². The van der Waals surface area contributed by atoms with E-state index in [0.717, 1.165) is 0 Å². The van der Waals surface area contributed by atoms with Gasteiger partial charge in [0.25, 0.3) is 0 Å². The lowest BCUT2D eigenvalue weighted by Crippen LogP contribution is -2.43. The molecular weight excluding hydrogens is 408 g/mol. The van der Waals surface area contributed by atoms with Crippen molar-refractivity contribution >= 4 is 17.5 Å². The quantitative estimate of drug-likeness (QED) is 0.705. The molecule has 0 aliphatic carbocycles. The summed E-state index contributed by atoms with van der Waals surface area (Å²) in [6.07, 6.45) is -3.60. The number of carbonyl (C=O) groups is 2.